The van der Waals surface area contributed by atoms with Gasteiger partial charge in [-0.1, -0.05) is 39.0 Å². The van der Waals surface area contributed by atoms with Crippen molar-refractivity contribution in [2.24, 2.45) is 0 Å². The topological polar surface area (TPSA) is 87.4 Å². The lowest BCUT2D eigenvalue weighted by Crippen LogP contribution is -2.21. The minimum absolute atomic E-state index is 0.250. The van der Waals surface area contributed by atoms with Gasteiger partial charge < -0.3 is 10.5 Å². The molecule has 2 aromatic carbocycles. The molecule has 0 atom stereocenters. The minimum Gasteiger partial charge on any atom is -0.502 e. The Bertz CT molecular complexity index is 694. The van der Waals surface area contributed by atoms with E-state index >= 15 is 0 Å². The molecule has 0 heterocycles. The molecular formula is C17H21N3O3. The number of rotatable bonds is 5. The zero-order valence-corrected chi connectivity index (χ0v) is 13.5. The molecule has 0 radical (unpaired) electrons. The molecule has 0 saturated carbocycles. The summed E-state index contributed by atoms with van der Waals surface area (Å²) >= 11 is 0. The first-order valence-corrected chi connectivity index (χ1v) is 7.33. The number of phenolic OH excluding ortho intramolecular Hbond substituents is 1. The number of nitrogens with one attached hydrogen (secondary N) is 2. The van der Waals surface area contributed by atoms with Gasteiger partial charge in [0.2, 0.25) is 0 Å². The molecule has 2 rings (SSSR count). The number of phenols is 1. The SMILES string of the molecule is CC(C)(C)c1cc(CNNc2ccccc2)c(O)c([N+](=O)[O-])c1. The van der Waals surface area contributed by atoms with Gasteiger partial charge in [0.05, 0.1) is 4.92 Å². The van der Waals surface area contributed by atoms with Crippen LogP contribution < -0.4 is 10.9 Å². The number of benzene rings is 2. The summed E-state index contributed by atoms with van der Waals surface area (Å²) in [5, 5.41) is 21.3. The van der Waals surface area contributed by atoms with Gasteiger partial charge in [0.25, 0.3) is 0 Å². The Morgan fingerprint density at radius 3 is 2.39 bits per heavy atom. The second-order valence-corrected chi connectivity index (χ2v) is 6.35. The van der Waals surface area contributed by atoms with Crippen LogP contribution in [-0.4, -0.2) is 10.0 Å². The number of hydrogen-bond acceptors (Lipinski definition) is 5. The molecule has 0 aliphatic rings. The van der Waals surface area contributed by atoms with Crippen molar-refractivity contribution in [2.45, 2.75) is 32.7 Å². The number of anilines is 1. The summed E-state index contributed by atoms with van der Waals surface area (Å²) in [5.74, 6) is -0.301. The first-order valence-electron chi connectivity index (χ1n) is 7.33. The Labute approximate surface area is 135 Å². The van der Waals surface area contributed by atoms with Crippen LogP contribution in [-0.2, 0) is 12.0 Å². The van der Waals surface area contributed by atoms with Crippen molar-refractivity contribution < 1.29 is 10.0 Å². The lowest BCUT2D eigenvalue weighted by molar-refractivity contribution is -0.386. The number of nitro groups is 1. The predicted octanol–water partition coefficient (Wildman–Crippen LogP) is 3.71. The number of nitrogens with zero attached hydrogens (tertiary/aromatic N) is 1. The highest BCUT2D eigenvalue weighted by atomic mass is 16.6. The second kappa shape index (κ2) is 6.66. The molecule has 6 nitrogen and oxygen atoms in total. The number of hydrazine groups is 1. The monoisotopic (exact) mass is 315 g/mol. The van der Waals surface area contributed by atoms with Gasteiger partial charge in [-0.15, -0.1) is 0 Å². The lowest BCUT2D eigenvalue weighted by Gasteiger charge is -2.20. The highest BCUT2D eigenvalue weighted by molar-refractivity contribution is 5.54. The Kier molecular flexibility index (Phi) is 4.86. The van der Waals surface area contributed by atoms with Crippen molar-refractivity contribution in [1.29, 1.82) is 0 Å². The van der Waals surface area contributed by atoms with Crippen molar-refractivity contribution in [2.75, 3.05) is 5.43 Å². The van der Waals surface area contributed by atoms with Crippen LogP contribution >= 0.6 is 0 Å². The Balaban J connectivity index is 2.23. The summed E-state index contributed by atoms with van der Waals surface area (Å²) < 4.78 is 0. The van der Waals surface area contributed by atoms with Crippen LogP contribution in [0.3, 0.4) is 0 Å². The summed E-state index contributed by atoms with van der Waals surface area (Å²) in [6, 6.07) is 12.7. The molecule has 0 unspecified atom stereocenters. The average Bonchev–Trinajstić information content (AvgIpc) is 2.48. The standard InChI is InChI=1S/C17H21N3O3/c1-17(2,3)13-9-12(16(21)15(10-13)20(22)23)11-18-19-14-7-5-4-6-8-14/h4-10,18-19,21H,11H2,1-3H3. The van der Waals surface area contributed by atoms with Gasteiger partial charge in [0.15, 0.2) is 5.75 Å². The second-order valence-electron chi connectivity index (χ2n) is 6.35. The number of hydrogen-bond donors (Lipinski definition) is 3. The Hall–Kier alpha value is -2.60. The van der Waals surface area contributed by atoms with E-state index in [4.69, 9.17) is 0 Å². The zero-order chi connectivity index (χ0) is 17.0. The number of nitro benzene ring substituents is 1. The molecule has 0 spiro atoms. The van der Waals surface area contributed by atoms with Gasteiger partial charge >= 0.3 is 5.69 Å². The van der Waals surface area contributed by atoms with Gasteiger partial charge in [0.1, 0.15) is 0 Å². The third-order valence-electron chi connectivity index (χ3n) is 3.52. The fourth-order valence-electron chi connectivity index (χ4n) is 2.15. The van der Waals surface area contributed by atoms with Gasteiger partial charge in [-0.3, -0.25) is 10.1 Å². The average molecular weight is 315 g/mol. The maximum Gasteiger partial charge on any atom is 0.311 e. The third-order valence-corrected chi connectivity index (χ3v) is 3.52. The van der Waals surface area contributed by atoms with Crippen LogP contribution in [0.4, 0.5) is 11.4 Å². The Morgan fingerprint density at radius 2 is 1.83 bits per heavy atom. The quantitative estimate of drug-likeness (QED) is 0.578. The highest BCUT2D eigenvalue weighted by Crippen LogP contribution is 2.35. The maximum atomic E-state index is 11.2. The third kappa shape index (κ3) is 4.20. The molecule has 3 N–H and O–H groups in total. The summed E-state index contributed by atoms with van der Waals surface area (Å²) in [6.07, 6.45) is 0. The first-order chi connectivity index (χ1) is 10.8. The smallest absolute Gasteiger partial charge is 0.311 e. The van der Waals surface area contributed by atoms with Crippen LogP contribution in [0, 0.1) is 10.1 Å². The molecule has 0 aliphatic carbocycles. The van der Waals surface area contributed by atoms with Gasteiger partial charge in [-0.25, -0.2) is 5.43 Å². The molecule has 0 saturated heterocycles. The summed E-state index contributed by atoms with van der Waals surface area (Å²) in [5.41, 5.74) is 7.60. The van der Waals surface area contributed by atoms with Crippen LogP contribution in [0.5, 0.6) is 5.75 Å². The van der Waals surface area contributed by atoms with Crippen molar-refractivity contribution in [3.05, 3.63) is 63.7 Å². The van der Waals surface area contributed by atoms with Crippen molar-refractivity contribution in [3.63, 3.8) is 0 Å². The van der Waals surface area contributed by atoms with E-state index in [-0.39, 0.29) is 23.4 Å². The highest BCUT2D eigenvalue weighted by Gasteiger charge is 2.24. The van der Waals surface area contributed by atoms with E-state index in [0.29, 0.717) is 5.56 Å². The molecule has 0 fully saturated rings. The van der Waals surface area contributed by atoms with Crippen molar-refractivity contribution in [3.8, 4) is 5.75 Å². The largest absolute Gasteiger partial charge is 0.502 e. The molecule has 0 bridgehead atoms. The van der Waals surface area contributed by atoms with E-state index in [1.807, 2.05) is 51.1 Å². The van der Waals surface area contributed by atoms with E-state index in [9.17, 15) is 15.2 Å². The molecule has 0 aliphatic heterocycles. The molecule has 0 amide bonds. The van der Waals surface area contributed by atoms with E-state index in [2.05, 4.69) is 10.9 Å². The van der Waals surface area contributed by atoms with Gasteiger partial charge in [-0.05, 0) is 29.2 Å². The summed E-state index contributed by atoms with van der Waals surface area (Å²) in [4.78, 5) is 10.6. The van der Waals surface area contributed by atoms with Crippen LogP contribution in [0.15, 0.2) is 42.5 Å². The lowest BCUT2D eigenvalue weighted by atomic mass is 9.85. The molecule has 6 heteroatoms. The van der Waals surface area contributed by atoms with E-state index < -0.39 is 4.92 Å². The summed E-state index contributed by atoms with van der Waals surface area (Å²) in [6.45, 7) is 6.18. The van der Waals surface area contributed by atoms with Crippen molar-refractivity contribution >= 4 is 11.4 Å². The first kappa shape index (κ1) is 16.8. The van der Waals surface area contributed by atoms with Gasteiger partial charge in [-0.2, -0.15) is 0 Å². The van der Waals surface area contributed by atoms with E-state index in [0.717, 1.165) is 11.3 Å². The molecular weight excluding hydrogens is 294 g/mol. The van der Waals surface area contributed by atoms with Crippen LogP contribution in [0.2, 0.25) is 0 Å². The zero-order valence-electron chi connectivity index (χ0n) is 13.5. The van der Waals surface area contributed by atoms with E-state index in [1.165, 1.54) is 6.07 Å². The minimum atomic E-state index is -0.557. The normalized spacial score (nSPS) is 11.3. The Morgan fingerprint density at radius 1 is 1.17 bits per heavy atom. The van der Waals surface area contributed by atoms with E-state index in [1.54, 1.807) is 6.07 Å². The molecule has 122 valence electrons. The molecule has 23 heavy (non-hydrogen) atoms. The fraction of sp³-hybridized carbons (Fsp3) is 0.294. The van der Waals surface area contributed by atoms with Gasteiger partial charge in [0, 0.05) is 23.9 Å². The van der Waals surface area contributed by atoms with Crippen LogP contribution in [0.1, 0.15) is 31.9 Å². The molecule has 0 aromatic heterocycles. The van der Waals surface area contributed by atoms with Crippen LogP contribution in [0.25, 0.3) is 0 Å². The molecule has 2 aromatic rings. The predicted molar refractivity (Wildman–Crippen MR) is 90.4 cm³/mol. The fourth-order valence-corrected chi connectivity index (χ4v) is 2.15. The van der Waals surface area contributed by atoms with Crippen molar-refractivity contribution in [1.82, 2.24) is 5.43 Å². The maximum absolute atomic E-state index is 11.2. The summed E-state index contributed by atoms with van der Waals surface area (Å²) in [7, 11) is 0. The number of aromatic hydroxyl groups is 1. The number of para-hydroxylation sites is 1.